The zero-order valence-corrected chi connectivity index (χ0v) is 20.4. The van der Waals surface area contributed by atoms with E-state index in [0.29, 0.717) is 18.7 Å². The van der Waals surface area contributed by atoms with Crippen molar-refractivity contribution in [3.05, 3.63) is 30.2 Å². The van der Waals surface area contributed by atoms with Crippen LogP contribution in [0.25, 0.3) is 11.1 Å². The molecule has 0 radical (unpaired) electrons. The Balaban J connectivity index is 1.40. The summed E-state index contributed by atoms with van der Waals surface area (Å²) in [6.45, 7) is 6.88. The molecule has 0 unspecified atom stereocenters. The largest absolute Gasteiger partial charge is 0.444 e. The highest BCUT2D eigenvalue weighted by Gasteiger charge is 2.28. The van der Waals surface area contributed by atoms with Crippen molar-refractivity contribution >= 4 is 17.8 Å². The van der Waals surface area contributed by atoms with Crippen molar-refractivity contribution in [3.63, 3.8) is 0 Å². The number of ether oxygens (including phenoxy) is 1. The summed E-state index contributed by atoms with van der Waals surface area (Å²) in [4.78, 5) is 31.2. The number of carbonyl (C=O) groups excluding carboxylic acids is 2. The Morgan fingerprint density at radius 2 is 1.76 bits per heavy atom. The molecule has 0 spiro atoms. The van der Waals surface area contributed by atoms with Crippen LogP contribution in [0, 0.1) is 0 Å². The lowest BCUT2D eigenvalue weighted by Gasteiger charge is -2.33. The maximum Gasteiger partial charge on any atom is 0.410 e. The zero-order chi connectivity index (χ0) is 24.3. The summed E-state index contributed by atoms with van der Waals surface area (Å²) < 4.78 is 7.43. The maximum atomic E-state index is 12.8. The summed E-state index contributed by atoms with van der Waals surface area (Å²) in [6, 6.07) is 2.20. The fourth-order valence-corrected chi connectivity index (χ4v) is 4.65. The first kappa shape index (κ1) is 24.0. The van der Waals surface area contributed by atoms with Crippen LogP contribution in [-0.2, 0) is 4.74 Å². The lowest BCUT2D eigenvalue weighted by Crippen LogP contribution is -2.42. The molecule has 9 heteroatoms. The number of nitrogens with two attached hydrogens (primary N) is 1. The van der Waals surface area contributed by atoms with Crippen LogP contribution in [0.4, 0.5) is 10.6 Å². The Kier molecular flexibility index (Phi) is 7.09. The smallest absolute Gasteiger partial charge is 0.410 e. The summed E-state index contributed by atoms with van der Waals surface area (Å²) in [5, 5.41) is 7.68. The van der Waals surface area contributed by atoms with Crippen molar-refractivity contribution in [1.82, 2.24) is 25.0 Å². The number of rotatable bonds is 4. The molecule has 2 aromatic rings. The van der Waals surface area contributed by atoms with Gasteiger partial charge in [0.25, 0.3) is 5.91 Å². The molecule has 1 aliphatic heterocycles. The summed E-state index contributed by atoms with van der Waals surface area (Å²) in [5.41, 5.74) is 7.63. The molecular formula is C25H36N6O3. The molecule has 0 aromatic carbocycles. The van der Waals surface area contributed by atoms with Gasteiger partial charge >= 0.3 is 6.09 Å². The number of amides is 2. The SMILES string of the molecule is CC(C)(C)OC(=O)N1CCC(n2cc(-c3cnc(N)c(C(=O)NC4CCCCC4)c3)cn2)CC1. The highest BCUT2D eigenvalue weighted by atomic mass is 16.6. The van der Waals surface area contributed by atoms with Gasteiger partial charge in [0.15, 0.2) is 0 Å². The first-order valence-corrected chi connectivity index (χ1v) is 12.3. The van der Waals surface area contributed by atoms with Crippen molar-refractivity contribution in [2.45, 2.75) is 83.4 Å². The number of pyridine rings is 1. The minimum Gasteiger partial charge on any atom is -0.444 e. The van der Waals surface area contributed by atoms with Gasteiger partial charge in [0.2, 0.25) is 0 Å². The van der Waals surface area contributed by atoms with Gasteiger partial charge in [0.1, 0.15) is 11.4 Å². The Bertz CT molecular complexity index is 1010. The van der Waals surface area contributed by atoms with E-state index in [0.717, 1.165) is 49.7 Å². The van der Waals surface area contributed by atoms with Crippen molar-refractivity contribution in [2.75, 3.05) is 18.8 Å². The molecular weight excluding hydrogens is 432 g/mol. The third-order valence-corrected chi connectivity index (χ3v) is 6.53. The van der Waals surface area contributed by atoms with E-state index in [1.807, 2.05) is 31.6 Å². The second-order valence-electron chi connectivity index (χ2n) is 10.4. The van der Waals surface area contributed by atoms with Gasteiger partial charge in [-0.3, -0.25) is 9.48 Å². The van der Waals surface area contributed by atoms with E-state index in [1.54, 1.807) is 23.4 Å². The van der Waals surface area contributed by atoms with Crippen molar-refractivity contribution in [2.24, 2.45) is 0 Å². The molecule has 2 aliphatic rings. The van der Waals surface area contributed by atoms with E-state index in [-0.39, 0.29) is 29.9 Å². The van der Waals surface area contributed by atoms with Gasteiger partial charge in [0, 0.05) is 42.7 Å². The molecule has 2 aromatic heterocycles. The van der Waals surface area contributed by atoms with Crippen LogP contribution in [0.3, 0.4) is 0 Å². The average molecular weight is 469 g/mol. The molecule has 184 valence electrons. The number of hydrogen-bond acceptors (Lipinski definition) is 6. The highest BCUT2D eigenvalue weighted by molar-refractivity contribution is 5.99. The van der Waals surface area contributed by atoms with Gasteiger partial charge in [-0.25, -0.2) is 9.78 Å². The number of carbonyl (C=O) groups is 2. The molecule has 3 N–H and O–H groups in total. The van der Waals surface area contributed by atoms with E-state index in [1.165, 1.54) is 6.42 Å². The number of hydrogen-bond donors (Lipinski definition) is 2. The number of nitrogens with zero attached hydrogens (tertiary/aromatic N) is 4. The fraction of sp³-hybridized carbons (Fsp3) is 0.600. The fourth-order valence-electron chi connectivity index (χ4n) is 4.65. The number of nitrogens with one attached hydrogen (secondary N) is 1. The Morgan fingerprint density at radius 1 is 1.06 bits per heavy atom. The highest BCUT2D eigenvalue weighted by Crippen LogP contribution is 2.27. The summed E-state index contributed by atoms with van der Waals surface area (Å²) in [5.74, 6) is 0.0691. The molecule has 0 bridgehead atoms. The predicted octanol–water partition coefficient (Wildman–Crippen LogP) is 4.16. The predicted molar refractivity (Wildman–Crippen MR) is 130 cm³/mol. The zero-order valence-electron chi connectivity index (χ0n) is 20.4. The van der Waals surface area contributed by atoms with E-state index < -0.39 is 5.60 Å². The lowest BCUT2D eigenvalue weighted by atomic mass is 9.95. The lowest BCUT2D eigenvalue weighted by molar-refractivity contribution is 0.0184. The van der Waals surface area contributed by atoms with Gasteiger partial charge in [0.05, 0.1) is 17.8 Å². The minimum atomic E-state index is -0.496. The van der Waals surface area contributed by atoms with Gasteiger partial charge in [-0.15, -0.1) is 0 Å². The molecule has 34 heavy (non-hydrogen) atoms. The number of nitrogen functional groups attached to an aromatic ring is 1. The van der Waals surface area contributed by atoms with E-state index in [9.17, 15) is 9.59 Å². The standard InChI is InChI=1S/C25H36N6O3/c1-25(2,3)34-24(33)30-11-9-20(10-12-30)31-16-18(15-28-31)17-13-21(22(26)27-14-17)23(32)29-19-7-5-4-6-8-19/h13-16,19-20H,4-12H2,1-3H3,(H2,26,27)(H,29,32). The number of piperidine rings is 1. The molecule has 1 saturated heterocycles. The molecule has 2 fully saturated rings. The van der Waals surface area contributed by atoms with Crippen LogP contribution in [0.1, 0.15) is 82.1 Å². The van der Waals surface area contributed by atoms with Gasteiger partial charge in [-0.05, 0) is 52.5 Å². The number of aromatic nitrogens is 3. The van der Waals surface area contributed by atoms with Gasteiger partial charge in [-0.2, -0.15) is 5.10 Å². The second kappa shape index (κ2) is 10.0. The van der Waals surface area contributed by atoms with Crippen molar-refractivity contribution < 1.29 is 14.3 Å². The quantitative estimate of drug-likeness (QED) is 0.696. The van der Waals surface area contributed by atoms with Crippen LogP contribution >= 0.6 is 0 Å². The van der Waals surface area contributed by atoms with Crippen LogP contribution in [-0.4, -0.2) is 56.4 Å². The minimum absolute atomic E-state index is 0.166. The second-order valence-corrected chi connectivity index (χ2v) is 10.4. The van der Waals surface area contributed by atoms with Crippen LogP contribution in [0.5, 0.6) is 0 Å². The van der Waals surface area contributed by atoms with E-state index in [4.69, 9.17) is 10.5 Å². The van der Waals surface area contributed by atoms with Crippen molar-refractivity contribution in [3.8, 4) is 11.1 Å². The topological polar surface area (TPSA) is 115 Å². The molecule has 9 nitrogen and oxygen atoms in total. The summed E-state index contributed by atoms with van der Waals surface area (Å²) >= 11 is 0. The van der Waals surface area contributed by atoms with Crippen LogP contribution < -0.4 is 11.1 Å². The molecule has 1 saturated carbocycles. The first-order chi connectivity index (χ1) is 16.2. The average Bonchev–Trinajstić information content (AvgIpc) is 3.29. The normalized spacial score (nSPS) is 18.0. The molecule has 4 rings (SSSR count). The summed E-state index contributed by atoms with van der Waals surface area (Å²) in [6.07, 6.45) is 12.3. The summed E-state index contributed by atoms with van der Waals surface area (Å²) in [7, 11) is 0. The number of anilines is 1. The third kappa shape index (κ3) is 5.87. The van der Waals surface area contributed by atoms with E-state index >= 15 is 0 Å². The number of likely N-dealkylation sites (tertiary alicyclic amines) is 1. The van der Waals surface area contributed by atoms with Gasteiger partial charge < -0.3 is 20.7 Å². The first-order valence-electron chi connectivity index (χ1n) is 12.3. The van der Waals surface area contributed by atoms with Crippen LogP contribution in [0.15, 0.2) is 24.7 Å². The Labute approximate surface area is 201 Å². The maximum absolute atomic E-state index is 12.8. The Morgan fingerprint density at radius 3 is 2.44 bits per heavy atom. The van der Waals surface area contributed by atoms with Gasteiger partial charge in [-0.1, -0.05) is 19.3 Å². The van der Waals surface area contributed by atoms with Crippen molar-refractivity contribution in [1.29, 1.82) is 0 Å². The molecule has 2 amide bonds. The molecule has 1 aliphatic carbocycles. The third-order valence-electron chi connectivity index (χ3n) is 6.53. The Hall–Kier alpha value is -3.10. The van der Waals surface area contributed by atoms with E-state index in [2.05, 4.69) is 15.4 Å². The monoisotopic (exact) mass is 468 g/mol. The van der Waals surface area contributed by atoms with Crippen LogP contribution in [0.2, 0.25) is 0 Å². The molecule has 0 atom stereocenters. The molecule has 3 heterocycles.